The van der Waals surface area contributed by atoms with Crippen molar-refractivity contribution in [1.29, 1.82) is 0 Å². The van der Waals surface area contributed by atoms with E-state index in [1.54, 1.807) is 6.08 Å². The third kappa shape index (κ3) is 2.05. The third-order valence-corrected chi connectivity index (χ3v) is 3.99. The molecule has 0 bridgehead atoms. The number of hydrogen-bond donors (Lipinski definition) is 0. The van der Waals surface area contributed by atoms with Crippen LogP contribution in [0.15, 0.2) is 41.5 Å². The molecule has 1 unspecified atom stereocenters. The van der Waals surface area contributed by atoms with E-state index in [1.165, 1.54) is 16.7 Å². The maximum absolute atomic E-state index is 12.3. The Bertz CT molecular complexity index is 544. The first-order chi connectivity index (χ1) is 8.45. The highest BCUT2D eigenvalue weighted by molar-refractivity contribution is 6.05. The molecule has 2 rings (SSSR count). The first kappa shape index (κ1) is 12.8. The Morgan fingerprint density at radius 3 is 2.44 bits per heavy atom. The summed E-state index contributed by atoms with van der Waals surface area (Å²) in [7, 11) is 0. The molecule has 0 saturated heterocycles. The van der Waals surface area contributed by atoms with Crippen molar-refractivity contribution in [2.45, 2.75) is 39.5 Å². The van der Waals surface area contributed by atoms with Gasteiger partial charge in [0.1, 0.15) is 0 Å². The molecule has 0 saturated carbocycles. The normalized spacial score (nSPS) is 21.7. The zero-order valence-corrected chi connectivity index (χ0v) is 11.6. The standard InChI is InChI=1S/C17H20O/c1-12(2)13(3)11-17(4)15-8-6-5-7-14(15)9-10-16(17)18/h5-10H,11H2,1-4H3. The molecule has 1 heteroatoms. The Kier molecular flexibility index (Phi) is 3.25. The van der Waals surface area contributed by atoms with E-state index in [0.717, 1.165) is 12.0 Å². The minimum Gasteiger partial charge on any atom is -0.294 e. The summed E-state index contributed by atoms with van der Waals surface area (Å²) in [6.45, 7) is 8.39. The molecule has 0 aromatic heterocycles. The van der Waals surface area contributed by atoms with Gasteiger partial charge < -0.3 is 0 Å². The summed E-state index contributed by atoms with van der Waals surface area (Å²) < 4.78 is 0. The van der Waals surface area contributed by atoms with Gasteiger partial charge in [0.05, 0.1) is 5.41 Å². The Labute approximate surface area is 109 Å². The number of benzene rings is 1. The molecule has 1 nitrogen and oxygen atoms in total. The van der Waals surface area contributed by atoms with E-state index in [9.17, 15) is 4.79 Å². The fourth-order valence-corrected chi connectivity index (χ4v) is 2.52. The van der Waals surface area contributed by atoms with Gasteiger partial charge in [-0.2, -0.15) is 0 Å². The second kappa shape index (κ2) is 4.56. The van der Waals surface area contributed by atoms with E-state index in [-0.39, 0.29) is 5.78 Å². The van der Waals surface area contributed by atoms with Crippen molar-refractivity contribution in [3.05, 3.63) is 52.6 Å². The van der Waals surface area contributed by atoms with E-state index < -0.39 is 5.41 Å². The van der Waals surface area contributed by atoms with E-state index in [1.807, 2.05) is 18.2 Å². The smallest absolute Gasteiger partial charge is 0.166 e. The van der Waals surface area contributed by atoms with Crippen LogP contribution >= 0.6 is 0 Å². The molecule has 0 amide bonds. The number of carbonyl (C=O) groups excluding carboxylic acids is 1. The predicted molar refractivity (Wildman–Crippen MR) is 76.5 cm³/mol. The van der Waals surface area contributed by atoms with Crippen LogP contribution in [0.5, 0.6) is 0 Å². The lowest BCUT2D eigenvalue weighted by Gasteiger charge is -2.32. The number of allylic oxidation sites excluding steroid dienone is 3. The van der Waals surface area contributed by atoms with Crippen LogP contribution in [-0.2, 0) is 10.2 Å². The van der Waals surface area contributed by atoms with Crippen LogP contribution in [0, 0.1) is 0 Å². The lowest BCUT2D eigenvalue weighted by atomic mass is 9.69. The second-order valence-corrected chi connectivity index (χ2v) is 5.57. The fourth-order valence-electron chi connectivity index (χ4n) is 2.52. The predicted octanol–water partition coefficient (Wildman–Crippen LogP) is 4.29. The molecule has 0 aliphatic heterocycles. The third-order valence-electron chi connectivity index (χ3n) is 3.99. The number of carbonyl (C=O) groups is 1. The van der Waals surface area contributed by atoms with Crippen molar-refractivity contribution in [2.24, 2.45) is 0 Å². The fraction of sp³-hybridized carbons (Fsp3) is 0.353. The minimum atomic E-state index is -0.410. The molecule has 1 aliphatic rings. The molecule has 18 heavy (non-hydrogen) atoms. The Hall–Kier alpha value is -1.63. The zero-order chi connectivity index (χ0) is 13.3. The van der Waals surface area contributed by atoms with Gasteiger partial charge in [-0.05, 0) is 51.3 Å². The number of rotatable bonds is 2. The number of ketones is 1. The Morgan fingerprint density at radius 1 is 1.11 bits per heavy atom. The van der Waals surface area contributed by atoms with Gasteiger partial charge >= 0.3 is 0 Å². The van der Waals surface area contributed by atoms with Gasteiger partial charge in [-0.3, -0.25) is 4.79 Å². The highest BCUT2D eigenvalue weighted by Crippen LogP contribution is 2.38. The highest BCUT2D eigenvalue weighted by Gasteiger charge is 2.37. The van der Waals surface area contributed by atoms with Crippen molar-refractivity contribution in [3.63, 3.8) is 0 Å². The van der Waals surface area contributed by atoms with Gasteiger partial charge in [-0.15, -0.1) is 0 Å². The van der Waals surface area contributed by atoms with E-state index in [4.69, 9.17) is 0 Å². The highest BCUT2D eigenvalue weighted by atomic mass is 16.1. The zero-order valence-electron chi connectivity index (χ0n) is 11.6. The topological polar surface area (TPSA) is 17.1 Å². The van der Waals surface area contributed by atoms with Gasteiger partial charge in [0, 0.05) is 0 Å². The lowest BCUT2D eigenvalue weighted by molar-refractivity contribution is -0.119. The summed E-state index contributed by atoms with van der Waals surface area (Å²) >= 11 is 0. The SMILES string of the molecule is CC(C)=C(C)CC1(C)C(=O)C=Cc2ccccc21. The summed E-state index contributed by atoms with van der Waals surface area (Å²) in [6, 6.07) is 8.19. The van der Waals surface area contributed by atoms with Crippen LogP contribution in [0.1, 0.15) is 45.2 Å². The summed E-state index contributed by atoms with van der Waals surface area (Å²) in [5.74, 6) is 0.210. The van der Waals surface area contributed by atoms with E-state index in [2.05, 4.69) is 39.8 Å². The quantitative estimate of drug-likeness (QED) is 0.705. The molecule has 94 valence electrons. The monoisotopic (exact) mass is 240 g/mol. The summed E-state index contributed by atoms with van der Waals surface area (Å²) in [6.07, 6.45) is 4.45. The van der Waals surface area contributed by atoms with Crippen molar-refractivity contribution in [3.8, 4) is 0 Å². The van der Waals surface area contributed by atoms with Crippen LogP contribution in [0.2, 0.25) is 0 Å². The maximum atomic E-state index is 12.3. The van der Waals surface area contributed by atoms with Gasteiger partial charge in [0.25, 0.3) is 0 Å². The minimum absolute atomic E-state index is 0.210. The van der Waals surface area contributed by atoms with Crippen molar-refractivity contribution in [2.75, 3.05) is 0 Å². The molecule has 1 atom stereocenters. The molecule has 0 N–H and O–H groups in total. The molecule has 0 fully saturated rings. The molecule has 1 aromatic rings. The largest absolute Gasteiger partial charge is 0.294 e. The van der Waals surface area contributed by atoms with Gasteiger partial charge in [-0.25, -0.2) is 0 Å². The average molecular weight is 240 g/mol. The molecular weight excluding hydrogens is 220 g/mol. The van der Waals surface area contributed by atoms with Gasteiger partial charge in [0.2, 0.25) is 0 Å². The molecule has 0 spiro atoms. The van der Waals surface area contributed by atoms with Crippen LogP contribution in [0.3, 0.4) is 0 Å². The molecule has 0 heterocycles. The van der Waals surface area contributed by atoms with Crippen LogP contribution in [0.25, 0.3) is 6.08 Å². The van der Waals surface area contributed by atoms with E-state index >= 15 is 0 Å². The van der Waals surface area contributed by atoms with Crippen molar-refractivity contribution in [1.82, 2.24) is 0 Å². The molecule has 0 radical (unpaired) electrons. The maximum Gasteiger partial charge on any atom is 0.166 e. The van der Waals surface area contributed by atoms with Crippen LogP contribution in [-0.4, -0.2) is 5.78 Å². The summed E-state index contributed by atoms with van der Waals surface area (Å²) in [4.78, 5) is 12.3. The first-order valence-corrected chi connectivity index (χ1v) is 6.40. The molecular formula is C17H20O. The second-order valence-electron chi connectivity index (χ2n) is 5.57. The van der Waals surface area contributed by atoms with Crippen molar-refractivity contribution < 1.29 is 4.79 Å². The average Bonchev–Trinajstić information content (AvgIpc) is 2.34. The number of hydrogen-bond acceptors (Lipinski definition) is 1. The number of fused-ring (bicyclic) bond motifs is 1. The summed E-state index contributed by atoms with van der Waals surface area (Å²) in [5, 5.41) is 0. The van der Waals surface area contributed by atoms with Crippen LogP contribution in [0.4, 0.5) is 0 Å². The molecule has 1 aromatic carbocycles. The summed E-state index contributed by atoms with van der Waals surface area (Å²) in [5.41, 5.74) is 4.51. The first-order valence-electron chi connectivity index (χ1n) is 6.40. The molecule has 1 aliphatic carbocycles. The van der Waals surface area contributed by atoms with Gasteiger partial charge in [-0.1, -0.05) is 41.5 Å². The van der Waals surface area contributed by atoms with Crippen LogP contribution < -0.4 is 0 Å². The lowest BCUT2D eigenvalue weighted by Crippen LogP contribution is -2.34. The Morgan fingerprint density at radius 2 is 1.78 bits per heavy atom. The van der Waals surface area contributed by atoms with E-state index in [0.29, 0.717) is 0 Å². The van der Waals surface area contributed by atoms with Crippen molar-refractivity contribution >= 4 is 11.9 Å². The van der Waals surface area contributed by atoms with Gasteiger partial charge in [0.15, 0.2) is 5.78 Å². The Balaban J connectivity index is 2.52.